The first-order chi connectivity index (χ1) is 8.56. The van der Waals surface area contributed by atoms with E-state index in [0.29, 0.717) is 17.1 Å². The predicted octanol–water partition coefficient (Wildman–Crippen LogP) is 5.16. The lowest BCUT2D eigenvalue weighted by Crippen LogP contribution is -2.00. The van der Waals surface area contributed by atoms with Crippen LogP contribution in [0.15, 0.2) is 40.9 Å². The highest BCUT2D eigenvalue weighted by atomic mass is 79.9. The molecule has 0 aromatic heterocycles. The number of aryl methyl sites for hydroxylation is 1. The van der Waals surface area contributed by atoms with E-state index >= 15 is 0 Å². The molecule has 0 radical (unpaired) electrons. The molecule has 0 saturated heterocycles. The number of hydrogen-bond donors (Lipinski definition) is 1. The van der Waals surface area contributed by atoms with Crippen LogP contribution in [0.3, 0.4) is 0 Å². The van der Waals surface area contributed by atoms with Crippen LogP contribution in [-0.4, -0.2) is 0 Å². The molecule has 2 rings (SSSR count). The van der Waals surface area contributed by atoms with Crippen LogP contribution >= 0.6 is 27.5 Å². The standard InChI is InChI=1S/C14H12BrClFN/c1-9-2-5-12(7-14(9)17)18-8-10-3-4-11(15)6-13(10)16/h2-7,18H,8H2,1H3. The van der Waals surface area contributed by atoms with Gasteiger partial charge in [-0.05, 0) is 42.3 Å². The molecular formula is C14H12BrClFN. The summed E-state index contributed by atoms with van der Waals surface area (Å²) in [5.41, 5.74) is 2.36. The third-order valence-electron chi connectivity index (χ3n) is 2.67. The summed E-state index contributed by atoms with van der Waals surface area (Å²) in [5, 5.41) is 3.83. The summed E-state index contributed by atoms with van der Waals surface area (Å²) < 4.78 is 14.3. The average molecular weight is 329 g/mol. The van der Waals surface area contributed by atoms with Gasteiger partial charge in [-0.25, -0.2) is 4.39 Å². The largest absolute Gasteiger partial charge is 0.381 e. The first-order valence-electron chi connectivity index (χ1n) is 5.50. The van der Waals surface area contributed by atoms with Crippen molar-refractivity contribution in [3.8, 4) is 0 Å². The second-order valence-corrected chi connectivity index (χ2v) is 5.38. The predicted molar refractivity (Wildman–Crippen MR) is 77.6 cm³/mol. The first kappa shape index (κ1) is 13.4. The fourth-order valence-electron chi connectivity index (χ4n) is 1.57. The van der Waals surface area contributed by atoms with E-state index in [9.17, 15) is 4.39 Å². The van der Waals surface area contributed by atoms with Gasteiger partial charge in [0.1, 0.15) is 5.82 Å². The summed E-state index contributed by atoms with van der Waals surface area (Å²) in [5.74, 6) is -0.207. The van der Waals surface area contributed by atoms with Gasteiger partial charge in [-0.1, -0.05) is 39.7 Å². The Balaban J connectivity index is 2.09. The molecule has 18 heavy (non-hydrogen) atoms. The fourth-order valence-corrected chi connectivity index (χ4v) is 2.31. The van der Waals surface area contributed by atoms with Crippen LogP contribution < -0.4 is 5.32 Å². The van der Waals surface area contributed by atoms with Gasteiger partial charge < -0.3 is 5.32 Å². The van der Waals surface area contributed by atoms with Crippen LogP contribution in [0.2, 0.25) is 5.02 Å². The maximum Gasteiger partial charge on any atom is 0.128 e. The summed E-state index contributed by atoms with van der Waals surface area (Å²) in [7, 11) is 0. The van der Waals surface area contributed by atoms with E-state index in [-0.39, 0.29) is 5.82 Å². The summed E-state index contributed by atoms with van der Waals surface area (Å²) in [6.07, 6.45) is 0. The van der Waals surface area contributed by atoms with Gasteiger partial charge in [-0.2, -0.15) is 0 Å². The van der Waals surface area contributed by atoms with Gasteiger partial charge in [-0.3, -0.25) is 0 Å². The molecule has 0 aliphatic heterocycles. The van der Waals surface area contributed by atoms with E-state index < -0.39 is 0 Å². The first-order valence-corrected chi connectivity index (χ1v) is 6.67. The van der Waals surface area contributed by atoms with E-state index in [1.54, 1.807) is 13.0 Å². The summed E-state index contributed by atoms with van der Waals surface area (Å²) in [6, 6.07) is 10.8. The number of benzene rings is 2. The van der Waals surface area contributed by atoms with Crippen LogP contribution in [0, 0.1) is 12.7 Å². The molecule has 0 aliphatic carbocycles. The quantitative estimate of drug-likeness (QED) is 0.820. The van der Waals surface area contributed by atoms with Crippen molar-refractivity contribution in [1.82, 2.24) is 0 Å². The third kappa shape index (κ3) is 3.24. The third-order valence-corrected chi connectivity index (χ3v) is 3.52. The molecule has 0 heterocycles. The maximum atomic E-state index is 13.4. The van der Waals surface area contributed by atoms with E-state index in [4.69, 9.17) is 11.6 Å². The van der Waals surface area contributed by atoms with Gasteiger partial charge in [0.2, 0.25) is 0 Å². The normalized spacial score (nSPS) is 10.4. The molecule has 0 fully saturated rings. The number of anilines is 1. The molecule has 1 N–H and O–H groups in total. The average Bonchev–Trinajstić information content (AvgIpc) is 2.32. The Morgan fingerprint density at radius 2 is 2.00 bits per heavy atom. The molecule has 0 bridgehead atoms. The number of rotatable bonds is 3. The lowest BCUT2D eigenvalue weighted by Gasteiger charge is -2.09. The Hall–Kier alpha value is -1.06. The van der Waals surface area contributed by atoms with Gasteiger partial charge in [0, 0.05) is 21.7 Å². The van der Waals surface area contributed by atoms with Crippen molar-refractivity contribution in [2.24, 2.45) is 0 Å². The van der Waals surface area contributed by atoms with Crippen molar-refractivity contribution in [3.05, 3.63) is 62.8 Å². The van der Waals surface area contributed by atoms with E-state index in [1.165, 1.54) is 6.07 Å². The van der Waals surface area contributed by atoms with Crippen molar-refractivity contribution >= 4 is 33.2 Å². The zero-order chi connectivity index (χ0) is 13.1. The monoisotopic (exact) mass is 327 g/mol. The van der Waals surface area contributed by atoms with Gasteiger partial charge in [0.25, 0.3) is 0 Å². The number of halogens is 3. The van der Waals surface area contributed by atoms with Crippen molar-refractivity contribution in [3.63, 3.8) is 0 Å². The summed E-state index contributed by atoms with van der Waals surface area (Å²) >= 11 is 9.46. The molecule has 0 amide bonds. The Kier molecular flexibility index (Phi) is 4.25. The van der Waals surface area contributed by atoms with Gasteiger partial charge in [0.15, 0.2) is 0 Å². The van der Waals surface area contributed by atoms with Crippen LogP contribution in [0.5, 0.6) is 0 Å². The van der Waals surface area contributed by atoms with Crippen LogP contribution in [0.4, 0.5) is 10.1 Å². The summed E-state index contributed by atoms with van der Waals surface area (Å²) in [4.78, 5) is 0. The molecule has 4 heteroatoms. The smallest absolute Gasteiger partial charge is 0.128 e. The van der Waals surface area contributed by atoms with Crippen molar-refractivity contribution < 1.29 is 4.39 Å². The van der Waals surface area contributed by atoms with Crippen LogP contribution in [0.1, 0.15) is 11.1 Å². The van der Waals surface area contributed by atoms with Crippen LogP contribution in [0.25, 0.3) is 0 Å². The van der Waals surface area contributed by atoms with Gasteiger partial charge >= 0.3 is 0 Å². The van der Waals surface area contributed by atoms with Crippen molar-refractivity contribution in [1.29, 1.82) is 0 Å². The second-order valence-electron chi connectivity index (χ2n) is 4.05. The van der Waals surface area contributed by atoms with Gasteiger partial charge in [-0.15, -0.1) is 0 Å². The topological polar surface area (TPSA) is 12.0 Å². The van der Waals surface area contributed by atoms with E-state index in [2.05, 4.69) is 21.2 Å². The molecule has 0 unspecified atom stereocenters. The molecule has 0 atom stereocenters. The molecule has 94 valence electrons. The Morgan fingerprint density at radius 3 is 2.67 bits per heavy atom. The summed E-state index contributed by atoms with van der Waals surface area (Å²) in [6.45, 7) is 2.30. The van der Waals surface area contributed by atoms with Crippen molar-refractivity contribution in [2.45, 2.75) is 13.5 Å². The van der Waals surface area contributed by atoms with Crippen molar-refractivity contribution in [2.75, 3.05) is 5.32 Å². The van der Waals surface area contributed by atoms with E-state index in [0.717, 1.165) is 15.7 Å². The fraction of sp³-hybridized carbons (Fsp3) is 0.143. The van der Waals surface area contributed by atoms with Crippen LogP contribution in [-0.2, 0) is 6.54 Å². The minimum atomic E-state index is -0.207. The maximum absolute atomic E-state index is 13.4. The SMILES string of the molecule is Cc1ccc(NCc2ccc(Br)cc2Cl)cc1F. The highest BCUT2D eigenvalue weighted by molar-refractivity contribution is 9.10. The Labute approximate surface area is 119 Å². The Morgan fingerprint density at radius 1 is 1.22 bits per heavy atom. The van der Waals surface area contributed by atoms with Gasteiger partial charge in [0.05, 0.1) is 0 Å². The minimum Gasteiger partial charge on any atom is -0.381 e. The highest BCUT2D eigenvalue weighted by Gasteiger charge is 2.02. The molecule has 1 nitrogen and oxygen atoms in total. The lowest BCUT2D eigenvalue weighted by molar-refractivity contribution is 0.619. The molecular weight excluding hydrogens is 317 g/mol. The molecule has 0 spiro atoms. The highest BCUT2D eigenvalue weighted by Crippen LogP contribution is 2.22. The minimum absolute atomic E-state index is 0.207. The number of nitrogens with one attached hydrogen (secondary N) is 1. The zero-order valence-electron chi connectivity index (χ0n) is 9.81. The zero-order valence-corrected chi connectivity index (χ0v) is 12.1. The second kappa shape index (κ2) is 5.72. The molecule has 2 aromatic rings. The lowest BCUT2D eigenvalue weighted by atomic mass is 10.2. The Bertz CT molecular complexity index is 572. The number of hydrogen-bond acceptors (Lipinski definition) is 1. The molecule has 0 aliphatic rings. The molecule has 0 saturated carbocycles. The molecule has 2 aromatic carbocycles. The van der Waals surface area contributed by atoms with E-state index in [1.807, 2.05) is 24.3 Å².